The predicted octanol–water partition coefficient (Wildman–Crippen LogP) is 2.28. The first-order chi connectivity index (χ1) is 9.42. The van der Waals surface area contributed by atoms with Crippen molar-refractivity contribution in [1.29, 1.82) is 0 Å². The molecule has 2 heterocycles. The van der Waals surface area contributed by atoms with Gasteiger partial charge in [-0.2, -0.15) is 0 Å². The van der Waals surface area contributed by atoms with Crippen molar-refractivity contribution in [3.8, 4) is 0 Å². The lowest BCUT2D eigenvalue weighted by atomic mass is 10.4. The number of nitrogens with zero attached hydrogens (tertiary/aromatic N) is 1. The van der Waals surface area contributed by atoms with Crippen LogP contribution in [0.25, 0.3) is 0 Å². The first kappa shape index (κ1) is 15.0. The number of thiophene rings is 1. The number of sulfonamides is 1. The fourth-order valence-electron chi connectivity index (χ4n) is 1.84. The standard InChI is InChI=1S/C13H17N3O2S2/c1-9-5-4-6-13(15-9)16-20(17,18)12-7-11(8-14-3)19-10(12)2/h4-7,14H,8H2,1-3H3,(H,15,16). The Hall–Kier alpha value is -1.44. The van der Waals surface area contributed by atoms with Crippen LogP contribution in [0.4, 0.5) is 5.82 Å². The molecule has 2 rings (SSSR count). The van der Waals surface area contributed by atoms with Gasteiger partial charge in [0.15, 0.2) is 0 Å². The van der Waals surface area contributed by atoms with Crippen molar-refractivity contribution in [2.24, 2.45) is 0 Å². The molecule has 0 aromatic carbocycles. The molecule has 2 aromatic rings. The molecule has 7 heteroatoms. The van der Waals surface area contributed by atoms with Crippen LogP contribution in [-0.2, 0) is 16.6 Å². The lowest BCUT2D eigenvalue weighted by Crippen LogP contribution is -2.14. The van der Waals surface area contributed by atoms with Crippen molar-refractivity contribution in [2.75, 3.05) is 11.8 Å². The molecule has 0 bridgehead atoms. The van der Waals surface area contributed by atoms with Gasteiger partial charge < -0.3 is 5.32 Å². The summed E-state index contributed by atoms with van der Waals surface area (Å²) < 4.78 is 27.3. The largest absolute Gasteiger partial charge is 0.315 e. The Kier molecular flexibility index (Phi) is 4.42. The van der Waals surface area contributed by atoms with Crippen LogP contribution >= 0.6 is 11.3 Å². The Morgan fingerprint density at radius 3 is 2.70 bits per heavy atom. The van der Waals surface area contributed by atoms with Crippen molar-refractivity contribution in [2.45, 2.75) is 25.3 Å². The topological polar surface area (TPSA) is 71.1 Å². The van der Waals surface area contributed by atoms with Crippen LogP contribution in [0.15, 0.2) is 29.2 Å². The minimum Gasteiger partial charge on any atom is -0.315 e. The van der Waals surface area contributed by atoms with Crippen LogP contribution in [-0.4, -0.2) is 20.4 Å². The van der Waals surface area contributed by atoms with E-state index in [1.54, 1.807) is 18.2 Å². The fraction of sp³-hybridized carbons (Fsp3) is 0.308. The van der Waals surface area contributed by atoms with E-state index in [1.165, 1.54) is 11.3 Å². The quantitative estimate of drug-likeness (QED) is 0.888. The highest BCUT2D eigenvalue weighted by Crippen LogP contribution is 2.27. The highest BCUT2D eigenvalue weighted by Gasteiger charge is 2.20. The molecule has 2 aromatic heterocycles. The predicted molar refractivity (Wildman–Crippen MR) is 81.6 cm³/mol. The number of pyridine rings is 1. The Morgan fingerprint density at radius 2 is 2.05 bits per heavy atom. The molecule has 0 fully saturated rings. The first-order valence-corrected chi connectivity index (χ1v) is 8.43. The lowest BCUT2D eigenvalue weighted by molar-refractivity contribution is 0.601. The van der Waals surface area contributed by atoms with Gasteiger partial charge in [0.1, 0.15) is 10.7 Å². The zero-order chi connectivity index (χ0) is 14.8. The fourth-order valence-corrected chi connectivity index (χ4v) is 4.49. The average molecular weight is 311 g/mol. The van der Waals surface area contributed by atoms with E-state index in [2.05, 4.69) is 15.0 Å². The van der Waals surface area contributed by atoms with Crippen molar-refractivity contribution in [1.82, 2.24) is 10.3 Å². The van der Waals surface area contributed by atoms with Gasteiger partial charge in [-0.3, -0.25) is 4.72 Å². The number of aromatic nitrogens is 1. The zero-order valence-corrected chi connectivity index (χ0v) is 13.2. The summed E-state index contributed by atoms with van der Waals surface area (Å²) in [5.41, 5.74) is 0.767. The molecule has 20 heavy (non-hydrogen) atoms. The van der Waals surface area contributed by atoms with E-state index in [0.29, 0.717) is 17.3 Å². The first-order valence-electron chi connectivity index (χ1n) is 6.13. The zero-order valence-electron chi connectivity index (χ0n) is 11.6. The van der Waals surface area contributed by atoms with Crippen LogP contribution in [0, 0.1) is 13.8 Å². The van der Waals surface area contributed by atoms with Crippen LogP contribution in [0.1, 0.15) is 15.4 Å². The maximum absolute atomic E-state index is 12.4. The molecule has 0 spiro atoms. The number of hydrogen-bond acceptors (Lipinski definition) is 5. The van der Waals surface area contributed by atoms with E-state index in [0.717, 1.165) is 15.4 Å². The summed E-state index contributed by atoms with van der Waals surface area (Å²) >= 11 is 1.48. The highest BCUT2D eigenvalue weighted by molar-refractivity contribution is 7.93. The second-order valence-electron chi connectivity index (χ2n) is 4.43. The summed E-state index contributed by atoms with van der Waals surface area (Å²) in [6.45, 7) is 4.28. The molecule has 5 nitrogen and oxygen atoms in total. The highest BCUT2D eigenvalue weighted by atomic mass is 32.2. The molecule has 0 unspecified atom stereocenters. The maximum atomic E-state index is 12.4. The van der Waals surface area contributed by atoms with Gasteiger partial charge in [0.2, 0.25) is 0 Å². The summed E-state index contributed by atoms with van der Waals surface area (Å²) in [5.74, 6) is 0.339. The Morgan fingerprint density at radius 1 is 1.30 bits per heavy atom. The monoisotopic (exact) mass is 311 g/mol. The molecule has 108 valence electrons. The second kappa shape index (κ2) is 5.90. The van der Waals surface area contributed by atoms with E-state index in [9.17, 15) is 8.42 Å². The average Bonchev–Trinajstić information content (AvgIpc) is 2.71. The van der Waals surface area contributed by atoms with E-state index < -0.39 is 10.0 Å². The van der Waals surface area contributed by atoms with Crippen molar-refractivity contribution in [3.05, 3.63) is 39.7 Å². The molecule has 0 aliphatic heterocycles. The van der Waals surface area contributed by atoms with Gasteiger partial charge in [-0.25, -0.2) is 13.4 Å². The van der Waals surface area contributed by atoms with Crippen LogP contribution in [0.3, 0.4) is 0 Å². The molecule has 0 radical (unpaired) electrons. The molecule has 2 N–H and O–H groups in total. The third-order valence-electron chi connectivity index (χ3n) is 2.69. The van der Waals surface area contributed by atoms with Crippen molar-refractivity contribution < 1.29 is 8.42 Å². The maximum Gasteiger partial charge on any atom is 0.264 e. The summed E-state index contributed by atoms with van der Waals surface area (Å²) in [6, 6.07) is 6.93. The molecule has 0 aliphatic carbocycles. The number of nitrogens with one attached hydrogen (secondary N) is 2. The van der Waals surface area contributed by atoms with Gasteiger partial charge in [0.05, 0.1) is 0 Å². The lowest BCUT2D eigenvalue weighted by Gasteiger charge is -2.07. The second-order valence-corrected chi connectivity index (χ2v) is 7.42. The third kappa shape index (κ3) is 3.36. The minimum absolute atomic E-state index is 0.316. The van der Waals surface area contributed by atoms with Crippen LogP contribution in [0.5, 0.6) is 0 Å². The van der Waals surface area contributed by atoms with Crippen LogP contribution < -0.4 is 10.0 Å². The molecular weight excluding hydrogens is 294 g/mol. The SMILES string of the molecule is CNCc1cc(S(=O)(=O)Nc2cccc(C)n2)c(C)s1. The minimum atomic E-state index is -3.59. The number of hydrogen-bond donors (Lipinski definition) is 2. The normalized spacial score (nSPS) is 11.6. The van der Waals surface area contributed by atoms with E-state index in [-0.39, 0.29) is 0 Å². The summed E-state index contributed by atoms with van der Waals surface area (Å²) in [7, 11) is -1.76. The molecule has 0 saturated heterocycles. The van der Waals surface area contributed by atoms with Gasteiger partial charge in [-0.15, -0.1) is 11.3 Å². The van der Waals surface area contributed by atoms with Gasteiger partial charge in [0, 0.05) is 22.0 Å². The molecular formula is C13H17N3O2S2. The Balaban J connectivity index is 2.30. The number of aryl methyl sites for hydroxylation is 2. The van der Waals surface area contributed by atoms with Crippen molar-refractivity contribution >= 4 is 27.2 Å². The summed E-state index contributed by atoms with van der Waals surface area (Å²) in [4.78, 5) is 6.24. The van der Waals surface area contributed by atoms with Gasteiger partial charge in [0.25, 0.3) is 10.0 Å². The van der Waals surface area contributed by atoms with E-state index >= 15 is 0 Å². The van der Waals surface area contributed by atoms with Gasteiger partial charge in [-0.1, -0.05) is 6.07 Å². The summed E-state index contributed by atoms with van der Waals surface area (Å²) in [5, 5.41) is 3.02. The van der Waals surface area contributed by atoms with E-state index in [1.807, 2.05) is 27.0 Å². The molecule has 0 amide bonds. The Bertz CT molecular complexity index is 708. The van der Waals surface area contributed by atoms with Gasteiger partial charge in [-0.05, 0) is 39.1 Å². The number of anilines is 1. The van der Waals surface area contributed by atoms with Gasteiger partial charge >= 0.3 is 0 Å². The Labute approximate surface area is 123 Å². The molecule has 0 saturated carbocycles. The third-order valence-corrected chi connectivity index (χ3v) is 5.35. The summed E-state index contributed by atoms with van der Waals surface area (Å²) in [6.07, 6.45) is 0. The van der Waals surface area contributed by atoms with Crippen LogP contribution in [0.2, 0.25) is 0 Å². The molecule has 0 atom stereocenters. The molecule has 0 aliphatic rings. The van der Waals surface area contributed by atoms with Crippen molar-refractivity contribution in [3.63, 3.8) is 0 Å². The van der Waals surface area contributed by atoms with E-state index in [4.69, 9.17) is 0 Å². The number of rotatable bonds is 5. The smallest absolute Gasteiger partial charge is 0.264 e.